The van der Waals surface area contributed by atoms with Crippen molar-refractivity contribution in [2.45, 2.75) is 13.1 Å². The highest BCUT2D eigenvalue weighted by Crippen LogP contribution is 2.32. The number of benzene rings is 2. The molecule has 2 heterocycles. The Morgan fingerprint density at radius 1 is 1.00 bits per heavy atom. The summed E-state index contributed by atoms with van der Waals surface area (Å²) in [7, 11) is 0. The second-order valence-corrected chi connectivity index (χ2v) is 8.22. The third-order valence-corrected chi connectivity index (χ3v) is 5.74. The van der Waals surface area contributed by atoms with Crippen molar-refractivity contribution in [3.63, 3.8) is 0 Å². The first-order chi connectivity index (χ1) is 17.0. The zero-order valence-electron chi connectivity index (χ0n) is 19.0. The highest BCUT2D eigenvalue weighted by atomic mass is 19.4. The number of nitrogens with zero attached hydrogens (tertiary/aromatic N) is 3. The van der Waals surface area contributed by atoms with Crippen molar-refractivity contribution in [2.75, 3.05) is 36.4 Å². The number of halogens is 3. The Hall–Kier alpha value is -4.35. The summed E-state index contributed by atoms with van der Waals surface area (Å²) in [4.78, 5) is 37.5. The number of furan rings is 1. The summed E-state index contributed by atoms with van der Waals surface area (Å²) < 4.78 is 43.4. The molecule has 0 atom stereocenters. The summed E-state index contributed by atoms with van der Waals surface area (Å²) in [5, 5.41) is 14.1. The number of carbonyl (C=O) groups is 2. The second-order valence-electron chi connectivity index (χ2n) is 8.22. The number of hydrogen-bond donors (Lipinski definition) is 1. The van der Waals surface area contributed by atoms with Crippen LogP contribution in [0.3, 0.4) is 0 Å². The Balaban J connectivity index is 1.38. The summed E-state index contributed by atoms with van der Waals surface area (Å²) >= 11 is 0. The number of hydrogen-bond acceptors (Lipinski definition) is 6. The van der Waals surface area contributed by atoms with E-state index in [9.17, 15) is 32.9 Å². The first-order valence-electron chi connectivity index (χ1n) is 10.9. The smallest absolute Gasteiger partial charge is 0.451 e. The van der Waals surface area contributed by atoms with E-state index in [0.29, 0.717) is 5.69 Å². The van der Waals surface area contributed by atoms with E-state index in [0.717, 1.165) is 16.2 Å². The Labute approximate surface area is 203 Å². The van der Waals surface area contributed by atoms with E-state index < -0.39 is 22.9 Å². The quantitative estimate of drug-likeness (QED) is 0.403. The van der Waals surface area contributed by atoms with Crippen molar-refractivity contribution in [2.24, 2.45) is 0 Å². The van der Waals surface area contributed by atoms with Gasteiger partial charge in [-0.1, -0.05) is 6.07 Å². The number of nitrogens with one attached hydrogen (secondary N) is 1. The Morgan fingerprint density at radius 2 is 1.67 bits per heavy atom. The molecule has 1 aliphatic heterocycles. The molecule has 0 aliphatic carbocycles. The summed E-state index contributed by atoms with van der Waals surface area (Å²) in [5.41, 5.74) is 2.03. The molecule has 3 aromatic rings. The lowest BCUT2D eigenvalue weighted by atomic mass is 10.1. The third kappa shape index (κ3) is 5.32. The van der Waals surface area contributed by atoms with Gasteiger partial charge in [0.15, 0.2) is 5.76 Å². The fourth-order valence-corrected chi connectivity index (χ4v) is 3.90. The second kappa shape index (κ2) is 9.72. The van der Waals surface area contributed by atoms with Gasteiger partial charge < -0.3 is 19.5 Å². The van der Waals surface area contributed by atoms with Crippen LogP contribution in [-0.2, 0) is 4.79 Å². The molecule has 9 nitrogen and oxygen atoms in total. The molecule has 1 aliphatic rings. The van der Waals surface area contributed by atoms with Gasteiger partial charge >= 0.3 is 12.1 Å². The molecule has 0 saturated carbocycles. The Kier molecular flexibility index (Phi) is 6.69. The normalized spacial score (nSPS) is 14.0. The minimum Gasteiger partial charge on any atom is -0.451 e. The van der Waals surface area contributed by atoms with Crippen molar-refractivity contribution in [1.82, 2.24) is 4.90 Å². The lowest BCUT2D eigenvalue weighted by Gasteiger charge is -2.36. The van der Waals surface area contributed by atoms with E-state index in [1.54, 1.807) is 43.3 Å². The van der Waals surface area contributed by atoms with E-state index in [2.05, 4.69) is 5.32 Å². The van der Waals surface area contributed by atoms with Crippen LogP contribution >= 0.6 is 0 Å². The van der Waals surface area contributed by atoms with Crippen LogP contribution in [0.15, 0.2) is 59.0 Å². The average molecular weight is 502 g/mol. The van der Waals surface area contributed by atoms with Crippen molar-refractivity contribution in [3.8, 4) is 11.3 Å². The maximum atomic E-state index is 12.6. The minimum absolute atomic E-state index is 0.0330. The van der Waals surface area contributed by atoms with Crippen molar-refractivity contribution < 1.29 is 32.1 Å². The molecule has 1 aromatic heterocycles. The molecular formula is C24H21F3N4O5. The van der Waals surface area contributed by atoms with Crippen LogP contribution in [-0.4, -0.2) is 54.0 Å². The van der Waals surface area contributed by atoms with Gasteiger partial charge in [0.1, 0.15) is 5.76 Å². The lowest BCUT2D eigenvalue weighted by Crippen LogP contribution is -2.52. The Bertz CT molecular complexity index is 1300. The summed E-state index contributed by atoms with van der Waals surface area (Å²) in [6.07, 6.45) is -4.88. The first-order valence-corrected chi connectivity index (χ1v) is 10.9. The van der Waals surface area contributed by atoms with Crippen LogP contribution in [0.1, 0.15) is 16.1 Å². The molecule has 1 N–H and O–H groups in total. The van der Waals surface area contributed by atoms with Gasteiger partial charge in [-0.15, -0.1) is 0 Å². The highest BCUT2D eigenvalue weighted by molar-refractivity contribution is 6.02. The minimum atomic E-state index is -4.88. The predicted octanol–water partition coefficient (Wildman–Crippen LogP) is 4.63. The zero-order valence-corrected chi connectivity index (χ0v) is 19.0. The molecule has 2 aromatic carbocycles. The number of nitro benzene ring substituents is 1. The maximum Gasteiger partial charge on any atom is 0.471 e. The van der Waals surface area contributed by atoms with Gasteiger partial charge in [-0.3, -0.25) is 19.7 Å². The molecule has 12 heteroatoms. The first kappa shape index (κ1) is 24.8. The predicted molar refractivity (Wildman–Crippen MR) is 125 cm³/mol. The Morgan fingerprint density at radius 3 is 2.28 bits per heavy atom. The average Bonchev–Trinajstić information content (AvgIpc) is 3.34. The third-order valence-electron chi connectivity index (χ3n) is 5.74. The van der Waals surface area contributed by atoms with E-state index in [-0.39, 0.29) is 49.0 Å². The van der Waals surface area contributed by atoms with Crippen molar-refractivity contribution in [1.29, 1.82) is 0 Å². The van der Waals surface area contributed by atoms with Crippen LogP contribution in [0, 0.1) is 17.0 Å². The molecule has 36 heavy (non-hydrogen) atoms. The molecule has 1 fully saturated rings. The largest absolute Gasteiger partial charge is 0.471 e. The molecule has 188 valence electrons. The number of aryl methyl sites for hydroxylation is 1. The van der Waals surface area contributed by atoms with Gasteiger partial charge in [0.05, 0.1) is 10.5 Å². The summed E-state index contributed by atoms with van der Waals surface area (Å²) in [5.74, 6) is -2.24. The van der Waals surface area contributed by atoms with Crippen LogP contribution in [0.5, 0.6) is 0 Å². The van der Waals surface area contributed by atoms with Gasteiger partial charge in [-0.2, -0.15) is 13.2 Å². The molecule has 0 radical (unpaired) electrons. The number of rotatable bonds is 5. The number of piperazine rings is 1. The van der Waals surface area contributed by atoms with Gasteiger partial charge in [0.25, 0.3) is 11.6 Å². The fraction of sp³-hybridized carbons (Fsp3) is 0.250. The summed E-state index contributed by atoms with van der Waals surface area (Å²) in [6, 6.07) is 14.3. The van der Waals surface area contributed by atoms with Crippen LogP contribution in [0.2, 0.25) is 0 Å². The van der Waals surface area contributed by atoms with Gasteiger partial charge in [-0.25, -0.2) is 0 Å². The molecule has 0 spiro atoms. The molecule has 2 amide bonds. The van der Waals surface area contributed by atoms with E-state index >= 15 is 0 Å². The highest BCUT2D eigenvalue weighted by Gasteiger charge is 2.43. The number of alkyl halides is 3. The monoisotopic (exact) mass is 502 g/mol. The van der Waals surface area contributed by atoms with Crippen molar-refractivity contribution >= 4 is 28.9 Å². The van der Waals surface area contributed by atoms with Crippen LogP contribution in [0.4, 0.5) is 30.2 Å². The zero-order chi connectivity index (χ0) is 26.0. The number of nitro groups is 1. The van der Waals surface area contributed by atoms with E-state index in [4.69, 9.17) is 4.42 Å². The van der Waals surface area contributed by atoms with E-state index in [1.807, 2.05) is 4.90 Å². The molecule has 1 saturated heterocycles. The molecule has 4 rings (SSSR count). The number of carbonyl (C=O) groups excluding carboxylic acids is 2. The molecular weight excluding hydrogens is 481 g/mol. The molecule has 0 unspecified atom stereocenters. The SMILES string of the molecule is Cc1ccc(-c2ccc(C(=O)Nc3ccc(N4CCN(C(=O)C(F)(F)F)CC4)cc3)o2)c([N+](=O)[O-])c1. The summed E-state index contributed by atoms with van der Waals surface area (Å²) in [6.45, 7) is 2.13. The number of amides is 2. The lowest BCUT2D eigenvalue weighted by molar-refractivity contribution is -0.384. The van der Waals surface area contributed by atoms with Crippen LogP contribution < -0.4 is 10.2 Å². The van der Waals surface area contributed by atoms with Crippen molar-refractivity contribution in [3.05, 3.63) is 76.0 Å². The van der Waals surface area contributed by atoms with E-state index in [1.165, 1.54) is 18.2 Å². The number of anilines is 2. The van der Waals surface area contributed by atoms with Gasteiger partial charge in [0.2, 0.25) is 0 Å². The van der Waals surface area contributed by atoms with Gasteiger partial charge in [-0.05, 0) is 55.0 Å². The van der Waals surface area contributed by atoms with Gasteiger partial charge in [0, 0.05) is 43.6 Å². The standard InChI is InChI=1S/C24H21F3N4O5/c1-15-2-7-18(19(14-15)31(34)35)20-8-9-21(36-20)22(32)28-16-3-5-17(6-4-16)29-10-12-30(13-11-29)23(33)24(25,26)27/h2-9,14H,10-13H2,1H3,(H,28,32). The maximum absolute atomic E-state index is 12.6. The molecule has 0 bridgehead atoms. The van der Waals surface area contributed by atoms with Crippen LogP contribution in [0.25, 0.3) is 11.3 Å². The fourth-order valence-electron chi connectivity index (χ4n) is 3.90. The topological polar surface area (TPSA) is 109 Å².